The third kappa shape index (κ3) is 2.17. The molecule has 5 heteroatoms. The van der Waals surface area contributed by atoms with Crippen LogP contribution in [0.3, 0.4) is 0 Å². The predicted octanol–water partition coefficient (Wildman–Crippen LogP) is 3.48. The number of halogens is 2. The van der Waals surface area contributed by atoms with Gasteiger partial charge in [0.05, 0.1) is 16.2 Å². The number of aromatic nitrogens is 1. The van der Waals surface area contributed by atoms with E-state index in [1.807, 2.05) is 18.2 Å². The highest BCUT2D eigenvalue weighted by molar-refractivity contribution is 6.35. The van der Waals surface area contributed by atoms with Gasteiger partial charge in [0.1, 0.15) is 0 Å². The first-order valence-corrected chi connectivity index (χ1v) is 7.01. The third-order valence-corrected chi connectivity index (χ3v) is 4.14. The van der Waals surface area contributed by atoms with E-state index in [-0.39, 0.29) is 11.8 Å². The molecule has 0 aliphatic carbocycles. The molecule has 0 radical (unpaired) electrons. The first-order chi connectivity index (χ1) is 9.20. The van der Waals surface area contributed by atoms with Gasteiger partial charge < -0.3 is 4.90 Å². The highest BCUT2D eigenvalue weighted by atomic mass is 35.5. The molecule has 2 aromatic rings. The zero-order valence-electron chi connectivity index (χ0n) is 10.1. The second-order valence-electron chi connectivity index (χ2n) is 4.69. The average Bonchev–Trinajstić information content (AvgIpc) is 2.80. The maximum absolute atomic E-state index is 12.1. The lowest BCUT2D eigenvalue weighted by atomic mass is 10.1. The van der Waals surface area contributed by atoms with Gasteiger partial charge in [-0.15, -0.1) is 11.6 Å². The topological polar surface area (TPSA) is 33.2 Å². The Kier molecular flexibility index (Phi) is 3.33. The van der Waals surface area contributed by atoms with Gasteiger partial charge in [0.15, 0.2) is 0 Å². The normalized spacial score (nSPS) is 19.4. The molecule has 1 aliphatic rings. The van der Waals surface area contributed by atoms with Crippen LogP contribution < -0.4 is 4.90 Å². The summed E-state index contributed by atoms with van der Waals surface area (Å²) >= 11 is 12.1. The molecular weight excluding hydrogens is 283 g/mol. The quantitative estimate of drug-likeness (QED) is 0.795. The number of pyridine rings is 1. The zero-order chi connectivity index (χ0) is 13.4. The number of rotatable bonds is 2. The van der Waals surface area contributed by atoms with Gasteiger partial charge in [-0.25, -0.2) is 0 Å². The highest BCUT2D eigenvalue weighted by Gasteiger charge is 2.32. The molecule has 3 nitrogen and oxygen atoms in total. The number of benzene rings is 1. The van der Waals surface area contributed by atoms with E-state index in [1.54, 1.807) is 17.2 Å². The van der Waals surface area contributed by atoms with Crippen LogP contribution in [0.15, 0.2) is 30.5 Å². The number of amides is 1. The maximum atomic E-state index is 12.1. The van der Waals surface area contributed by atoms with E-state index in [1.165, 1.54) is 0 Å². The van der Waals surface area contributed by atoms with E-state index in [0.29, 0.717) is 23.9 Å². The minimum absolute atomic E-state index is 0.0731. The van der Waals surface area contributed by atoms with Crippen molar-refractivity contribution in [1.82, 2.24) is 4.98 Å². The number of carbonyl (C=O) groups is 1. The number of hydrogen-bond donors (Lipinski definition) is 0. The number of alkyl halides is 1. The van der Waals surface area contributed by atoms with E-state index in [9.17, 15) is 4.79 Å². The Morgan fingerprint density at radius 3 is 2.95 bits per heavy atom. The minimum Gasteiger partial charge on any atom is -0.310 e. The monoisotopic (exact) mass is 294 g/mol. The predicted molar refractivity (Wildman–Crippen MR) is 77.9 cm³/mol. The summed E-state index contributed by atoms with van der Waals surface area (Å²) in [7, 11) is 0. The molecule has 0 spiro atoms. The molecule has 19 heavy (non-hydrogen) atoms. The van der Waals surface area contributed by atoms with Crippen LogP contribution in [0.1, 0.15) is 6.42 Å². The van der Waals surface area contributed by atoms with E-state index >= 15 is 0 Å². The molecule has 1 fully saturated rings. The van der Waals surface area contributed by atoms with Crippen LogP contribution in [0, 0.1) is 5.92 Å². The number of anilines is 1. The van der Waals surface area contributed by atoms with Crippen molar-refractivity contribution >= 4 is 45.7 Å². The van der Waals surface area contributed by atoms with Gasteiger partial charge >= 0.3 is 0 Å². The van der Waals surface area contributed by atoms with Crippen LogP contribution in [0.2, 0.25) is 5.02 Å². The molecule has 0 bridgehead atoms. The van der Waals surface area contributed by atoms with Gasteiger partial charge in [0, 0.05) is 30.4 Å². The van der Waals surface area contributed by atoms with Crippen molar-refractivity contribution in [1.29, 1.82) is 0 Å². The molecule has 2 heterocycles. The molecule has 1 atom stereocenters. The van der Waals surface area contributed by atoms with Gasteiger partial charge in [-0.1, -0.05) is 11.6 Å². The number of hydrogen-bond acceptors (Lipinski definition) is 2. The lowest BCUT2D eigenvalue weighted by Gasteiger charge is -2.20. The molecule has 1 amide bonds. The van der Waals surface area contributed by atoms with Crippen LogP contribution in [0.25, 0.3) is 10.9 Å². The Bertz CT molecular complexity index is 644. The Morgan fingerprint density at radius 2 is 2.21 bits per heavy atom. The van der Waals surface area contributed by atoms with Crippen molar-refractivity contribution in [3.8, 4) is 0 Å². The van der Waals surface area contributed by atoms with Crippen molar-refractivity contribution < 1.29 is 4.79 Å². The Labute approximate surface area is 121 Å². The summed E-state index contributed by atoms with van der Waals surface area (Å²) in [5.41, 5.74) is 1.59. The first-order valence-electron chi connectivity index (χ1n) is 6.10. The van der Waals surface area contributed by atoms with Crippen molar-refractivity contribution in [3.05, 3.63) is 35.5 Å². The molecule has 98 valence electrons. The van der Waals surface area contributed by atoms with Crippen molar-refractivity contribution in [2.75, 3.05) is 17.3 Å². The van der Waals surface area contributed by atoms with Crippen LogP contribution in [0.5, 0.6) is 0 Å². The fraction of sp³-hybridized carbons (Fsp3) is 0.286. The first kappa shape index (κ1) is 12.7. The van der Waals surface area contributed by atoms with Gasteiger partial charge in [-0.05, 0) is 30.2 Å². The van der Waals surface area contributed by atoms with Crippen LogP contribution >= 0.6 is 23.2 Å². The summed E-state index contributed by atoms with van der Waals surface area (Å²) in [6, 6.07) is 7.43. The Balaban J connectivity index is 2.14. The lowest BCUT2D eigenvalue weighted by Crippen LogP contribution is -2.25. The second-order valence-corrected chi connectivity index (χ2v) is 5.41. The van der Waals surface area contributed by atoms with Crippen molar-refractivity contribution in [3.63, 3.8) is 0 Å². The Morgan fingerprint density at radius 1 is 1.37 bits per heavy atom. The molecule has 1 unspecified atom stereocenters. The molecule has 1 aromatic carbocycles. The van der Waals surface area contributed by atoms with Gasteiger partial charge in [0.2, 0.25) is 5.91 Å². The van der Waals surface area contributed by atoms with Crippen LogP contribution in [0.4, 0.5) is 5.69 Å². The molecular formula is C14H12Cl2N2O. The van der Waals surface area contributed by atoms with Crippen LogP contribution in [-0.2, 0) is 4.79 Å². The van der Waals surface area contributed by atoms with Crippen molar-refractivity contribution in [2.24, 2.45) is 5.92 Å². The maximum Gasteiger partial charge on any atom is 0.227 e. The van der Waals surface area contributed by atoms with E-state index in [0.717, 1.165) is 16.6 Å². The summed E-state index contributed by atoms with van der Waals surface area (Å²) in [4.78, 5) is 18.2. The number of nitrogens with zero attached hydrogens (tertiary/aromatic N) is 2. The lowest BCUT2D eigenvalue weighted by molar-refractivity contribution is -0.117. The summed E-state index contributed by atoms with van der Waals surface area (Å²) in [6.45, 7) is 0.621. The van der Waals surface area contributed by atoms with Crippen LogP contribution in [-0.4, -0.2) is 23.3 Å². The molecule has 0 N–H and O–H groups in total. The summed E-state index contributed by atoms with van der Waals surface area (Å²) < 4.78 is 0. The van der Waals surface area contributed by atoms with Gasteiger partial charge in [-0.3, -0.25) is 9.78 Å². The minimum atomic E-state index is 0.0731. The van der Waals surface area contributed by atoms with E-state index < -0.39 is 0 Å². The SMILES string of the molecule is O=C1CC(CCl)CN1c1c(Cl)ccc2ncccc12. The number of fused-ring (bicyclic) bond motifs is 1. The van der Waals surface area contributed by atoms with Crippen molar-refractivity contribution in [2.45, 2.75) is 6.42 Å². The molecule has 1 saturated heterocycles. The van der Waals surface area contributed by atoms with E-state index in [4.69, 9.17) is 23.2 Å². The van der Waals surface area contributed by atoms with Gasteiger partial charge in [0.25, 0.3) is 0 Å². The molecule has 1 aliphatic heterocycles. The zero-order valence-corrected chi connectivity index (χ0v) is 11.7. The standard InChI is InChI=1S/C14H12Cl2N2O/c15-7-9-6-13(19)18(8-9)14-10-2-1-5-17-12(10)4-3-11(14)16/h1-5,9H,6-8H2. The molecule has 0 saturated carbocycles. The third-order valence-electron chi connectivity index (χ3n) is 3.40. The molecule has 1 aromatic heterocycles. The summed E-state index contributed by atoms with van der Waals surface area (Å²) in [5, 5.41) is 1.47. The fourth-order valence-electron chi connectivity index (χ4n) is 2.49. The smallest absolute Gasteiger partial charge is 0.227 e. The molecule has 3 rings (SSSR count). The average molecular weight is 295 g/mol. The number of carbonyl (C=O) groups excluding carboxylic acids is 1. The fourth-order valence-corrected chi connectivity index (χ4v) is 2.96. The Hall–Kier alpha value is -1.32. The summed E-state index contributed by atoms with van der Waals surface area (Å²) in [6.07, 6.45) is 2.21. The summed E-state index contributed by atoms with van der Waals surface area (Å²) in [5.74, 6) is 0.754. The highest BCUT2D eigenvalue weighted by Crippen LogP contribution is 2.37. The van der Waals surface area contributed by atoms with E-state index in [2.05, 4.69) is 4.98 Å². The second kappa shape index (κ2) is 4.99. The van der Waals surface area contributed by atoms with Gasteiger partial charge in [-0.2, -0.15) is 0 Å². The largest absolute Gasteiger partial charge is 0.310 e.